The minimum atomic E-state index is -3.60. The molecule has 162 valence electrons. The first kappa shape index (κ1) is 23.1. The van der Waals surface area contributed by atoms with Crippen molar-refractivity contribution in [3.63, 3.8) is 0 Å². The van der Waals surface area contributed by atoms with Gasteiger partial charge in [-0.2, -0.15) is 0 Å². The number of piperazine rings is 1. The molecule has 1 aromatic rings. The first-order valence-corrected chi connectivity index (χ1v) is 11.1. The Balaban J connectivity index is 1.87. The summed E-state index contributed by atoms with van der Waals surface area (Å²) in [6.07, 6.45) is -0.319. The normalized spacial score (nSPS) is 15.4. The Labute approximate surface area is 172 Å². The van der Waals surface area contributed by atoms with Crippen LogP contribution in [-0.4, -0.2) is 76.6 Å². The van der Waals surface area contributed by atoms with Gasteiger partial charge >= 0.3 is 6.09 Å². The molecule has 1 saturated heterocycles. The van der Waals surface area contributed by atoms with Crippen LogP contribution in [0.15, 0.2) is 23.1 Å². The molecule has 2 N–H and O–H groups in total. The molecule has 10 heteroatoms. The number of hydrogen-bond acceptors (Lipinski definition) is 6. The van der Waals surface area contributed by atoms with Crippen LogP contribution < -0.4 is 10.0 Å². The van der Waals surface area contributed by atoms with Crippen LogP contribution in [0.3, 0.4) is 0 Å². The molecule has 2 amide bonds. The molecule has 0 aromatic heterocycles. The lowest BCUT2D eigenvalue weighted by Crippen LogP contribution is -2.50. The molecule has 0 radical (unpaired) electrons. The second-order valence-corrected chi connectivity index (χ2v) is 9.32. The Bertz CT molecular complexity index is 833. The number of nitrogens with zero attached hydrogens (tertiary/aromatic N) is 2. The molecule has 0 aliphatic carbocycles. The zero-order valence-electron chi connectivity index (χ0n) is 17.4. The van der Waals surface area contributed by atoms with E-state index in [0.29, 0.717) is 44.0 Å². The number of rotatable bonds is 7. The lowest BCUT2D eigenvalue weighted by molar-refractivity contribution is -0.117. The standard InChI is InChI=1S/C19H30N4O5S/c1-14(2)13-28-19(25)23-9-7-22(8-10-23)12-18(24)21-16-6-5-15(3)17(11-16)29(26,27)20-4/h5-6,11,14,20H,7-10,12-13H2,1-4H3,(H,21,24). The van der Waals surface area contributed by atoms with Crippen LogP contribution in [0.1, 0.15) is 19.4 Å². The van der Waals surface area contributed by atoms with Crippen LogP contribution in [0, 0.1) is 12.8 Å². The van der Waals surface area contributed by atoms with Crippen molar-refractivity contribution in [1.82, 2.24) is 14.5 Å². The number of carbonyl (C=O) groups is 2. The quantitative estimate of drug-likeness (QED) is 0.679. The van der Waals surface area contributed by atoms with E-state index in [0.717, 1.165) is 0 Å². The molecule has 1 heterocycles. The first-order valence-electron chi connectivity index (χ1n) is 9.60. The highest BCUT2D eigenvalue weighted by atomic mass is 32.2. The third-order valence-corrected chi connectivity index (χ3v) is 6.12. The summed E-state index contributed by atoms with van der Waals surface area (Å²) in [5.41, 5.74) is 1.02. The maximum Gasteiger partial charge on any atom is 0.409 e. The van der Waals surface area contributed by atoms with Crippen molar-refractivity contribution in [2.24, 2.45) is 5.92 Å². The molecule has 1 aliphatic rings. The predicted molar refractivity (Wildman–Crippen MR) is 110 cm³/mol. The molecule has 1 aliphatic heterocycles. The van der Waals surface area contributed by atoms with Crippen molar-refractivity contribution in [2.45, 2.75) is 25.7 Å². The Hall–Kier alpha value is -2.17. The summed E-state index contributed by atoms with van der Waals surface area (Å²) >= 11 is 0. The average molecular weight is 427 g/mol. The van der Waals surface area contributed by atoms with Gasteiger partial charge in [0.05, 0.1) is 18.0 Å². The number of ether oxygens (including phenoxy) is 1. The van der Waals surface area contributed by atoms with Gasteiger partial charge in [-0.25, -0.2) is 17.9 Å². The van der Waals surface area contributed by atoms with Gasteiger partial charge in [0.2, 0.25) is 15.9 Å². The third-order valence-electron chi connectivity index (χ3n) is 4.57. The first-order chi connectivity index (χ1) is 13.6. The smallest absolute Gasteiger partial charge is 0.409 e. The summed E-state index contributed by atoms with van der Waals surface area (Å²) in [6, 6.07) is 4.77. The molecule has 1 fully saturated rings. The number of hydrogen-bond donors (Lipinski definition) is 2. The largest absolute Gasteiger partial charge is 0.449 e. The van der Waals surface area contributed by atoms with Crippen LogP contribution in [-0.2, 0) is 19.6 Å². The van der Waals surface area contributed by atoms with Gasteiger partial charge in [-0.05, 0) is 37.6 Å². The van der Waals surface area contributed by atoms with Gasteiger partial charge in [-0.3, -0.25) is 9.69 Å². The van der Waals surface area contributed by atoms with Gasteiger partial charge in [0.1, 0.15) is 0 Å². The van der Waals surface area contributed by atoms with Crippen LogP contribution >= 0.6 is 0 Å². The number of nitrogens with one attached hydrogen (secondary N) is 2. The topological polar surface area (TPSA) is 108 Å². The third kappa shape index (κ3) is 6.69. The summed E-state index contributed by atoms with van der Waals surface area (Å²) in [4.78, 5) is 28.1. The summed E-state index contributed by atoms with van der Waals surface area (Å²) in [5, 5.41) is 2.74. The van der Waals surface area contributed by atoms with Gasteiger partial charge in [0.25, 0.3) is 0 Å². The number of benzene rings is 1. The van der Waals surface area contributed by atoms with Gasteiger partial charge in [0, 0.05) is 31.9 Å². The fourth-order valence-corrected chi connectivity index (χ4v) is 3.89. The number of amides is 2. The monoisotopic (exact) mass is 426 g/mol. The fourth-order valence-electron chi connectivity index (χ4n) is 2.90. The average Bonchev–Trinajstić information content (AvgIpc) is 2.68. The van der Waals surface area contributed by atoms with Crippen molar-refractivity contribution in [3.8, 4) is 0 Å². The number of anilines is 1. The fraction of sp³-hybridized carbons (Fsp3) is 0.579. The van der Waals surface area contributed by atoms with Crippen molar-refractivity contribution >= 4 is 27.7 Å². The maximum absolute atomic E-state index is 12.4. The zero-order chi connectivity index (χ0) is 21.6. The highest BCUT2D eigenvalue weighted by Gasteiger charge is 2.24. The Morgan fingerprint density at radius 3 is 2.41 bits per heavy atom. The molecule has 9 nitrogen and oxygen atoms in total. The van der Waals surface area contributed by atoms with Crippen molar-refractivity contribution in [2.75, 3.05) is 51.7 Å². The Kier molecular flexibility index (Phi) is 8.00. The highest BCUT2D eigenvalue weighted by Crippen LogP contribution is 2.20. The number of sulfonamides is 1. The molecule has 29 heavy (non-hydrogen) atoms. The van der Waals surface area contributed by atoms with Gasteiger partial charge in [-0.1, -0.05) is 19.9 Å². The van der Waals surface area contributed by atoms with E-state index in [1.54, 1.807) is 24.0 Å². The molecule has 1 aromatic carbocycles. The van der Waals surface area contributed by atoms with E-state index >= 15 is 0 Å². The summed E-state index contributed by atoms with van der Waals surface area (Å²) in [5.74, 6) is 0.0480. The second-order valence-electron chi connectivity index (χ2n) is 7.47. The SMILES string of the molecule is CNS(=O)(=O)c1cc(NC(=O)CN2CCN(C(=O)OCC(C)C)CC2)ccc1C. The number of aryl methyl sites for hydroxylation is 1. The molecular formula is C19H30N4O5S. The van der Waals surface area contributed by atoms with Crippen molar-refractivity contribution < 1.29 is 22.7 Å². The molecular weight excluding hydrogens is 396 g/mol. The number of carbonyl (C=O) groups excluding carboxylic acids is 2. The molecule has 0 saturated carbocycles. The van der Waals surface area contributed by atoms with E-state index in [-0.39, 0.29) is 29.4 Å². The molecule has 0 bridgehead atoms. The van der Waals surface area contributed by atoms with E-state index in [4.69, 9.17) is 4.74 Å². The van der Waals surface area contributed by atoms with E-state index in [1.165, 1.54) is 13.1 Å². The van der Waals surface area contributed by atoms with Crippen LogP contribution in [0.25, 0.3) is 0 Å². The Morgan fingerprint density at radius 2 is 1.83 bits per heavy atom. The summed E-state index contributed by atoms with van der Waals surface area (Å²) in [7, 11) is -2.25. The molecule has 0 spiro atoms. The highest BCUT2D eigenvalue weighted by molar-refractivity contribution is 7.89. The minimum absolute atomic E-state index is 0.131. The zero-order valence-corrected chi connectivity index (χ0v) is 18.2. The van der Waals surface area contributed by atoms with E-state index in [1.807, 2.05) is 18.7 Å². The summed E-state index contributed by atoms with van der Waals surface area (Å²) in [6.45, 7) is 8.35. The molecule has 2 rings (SSSR count). The lowest BCUT2D eigenvalue weighted by Gasteiger charge is -2.33. The van der Waals surface area contributed by atoms with E-state index in [9.17, 15) is 18.0 Å². The van der Waals surface area contributed by atoms with E-state index in [2.05, 4.69) is 10.0 Å². The Morgan fingerprint density at radius 1 is 1.17 bits per heavy atom. The van der Waals surface area contributed by atoms with Crippen molar-refractivity contribution in [3.05, 3.63) is 23.8 Å². The van der Waals surface area contributed by atoms with Gasteiger partial charge < -0.3 is 15.0 Å². The molecule has 0 unspecified atom stereocenters. The van der Waals surface area contributed by atoms with Crippen LogP contribution in [0.4, 0.5) is 10.5 Å². The lowest BCUT2D eigenvalue weighted by atomic mass is 10.2. The van der Waals surface area contributed by atoms with Gasteiger partial charge in [0.15, 0.2) is 0 Å². The van der Waals surface area contributed by atoms with Crippen molar-refractivity contribution in [1.29, 1.82) is 0 Å². The molecule has 0 atom stereocenters. The van der Waals surface area contributed by atoms with Crippen LogP contribution in [0.2, 0.25) is 0 Å². The summed E-state index contributed by atoms with van der Waals surface area (Å²) < 4.78 is 31.7. The van der Waals surface area contributed by atoms with Gasteiger partial charge in [-0.15, -0.1) is 0 Å². The van der Waals surface area contributed by atoms with E-state index < -0.39 is 10.0 Å². The second kappa shape index (κ2) is 10.0. The minimum Gasteiger partial charge on any atom is -0.449 e. The predicted octanol–water partition coefficient (Wildman–Crippen LogP) is 1.25. The van der Waals surface area contributed by atoms with Crippen LogP contribution in [0.5, 0.6) is 0 Å². The maximum atomic E-state index is 12.4.